The van der Waals surface area contributed by atoms with Crippen LogP contribution < -0.4 is 4.90 Å². The predicted octanol–water partition coefficient (Wildman–Crippen LogP) is 15.4. The maximum atomic E-state index is 6.64. The highest BCUT2D eigenvalue weighted by molar-refractivity contribution is 6.29. The second-order valence-corrected chi connectivity index (χ2v) is 15.5. The highest BCUT2D eigenvalue weighted by Crippen LogP contribution is 2.46. The topological polar surface area (TPSA) is 47.3 Å². The number of benzene rings is 9. The molecule has 4 aromatic heterocycles. The van der Waals surface area contributed by atoms with E-state index in [2.05, 4.69) is 185 Å². The summed E-state index contributed by atoms with van der Waals surface area (Å²) in [5.74, 6) is 0. The second kappa shape index (κ2) is 12.7. The van der Waals surface area contributed by atoms with Crippen LogP contribution in [0.25, 0.3) is 104 Å². The van der Waals surface area contributed by atoms with Gasteiger partial charge in [0.2, 0.25) is 0 Å². The molecule has 0 spiro atoms. The van der Waals surface area contributed by atoms with Crippen LogP contribution in [-0.2, 0) is 0 Å². The standard InChI is InChI=1S/C55H33N3O2/c1-2-13-35(14-3-1)58-46-21-9-5-18-43(46)53-47(58)32-31-44-52(53)42-17-4-8-20-45(42)56-54(44)34-25-27-36(28-26-34)57(37-29-30-40-38-15-6-10-23-49(38)59-51(40)33-37)48-22-12-19-41-39-16-7-11-24-50(39)60-55(41)48/h1-33H. The normalized spacial score (nSPS) is 12.0. The molecular formula is C55H33N3O2. The van der Waals surface area contributed by atoms with E-state index in [1.807, 2.05) is 24.3 Å². The number of furan rings is 2. The van der Waals surface area contributed by atoms with E-state index in [9.17, 15) is 0 Å². The van der Waals surface area contributed by atoms with E-state index in [4.69, 9.17) is 13.8 Å². The number of rotatable bonds is 5. The van der Waals surface area contributed by atoms with Gasteiger partial charge in [0.25, 0.3) is 0 Å². The molecule has 0 bridgehead atoms. The Labute approximate surface area is 343 Å². The third-order valence-electron chi connectivity index (χ3n) is 12.2. The van der Waals surface area contributed by atoms with Crippen molar-refractivity contribution in [3.63, 3.8) is 0 Å². The van der Waals surface area contributed by atoms with Gasteiger partial charge in [0.1, 0.15) is 16.7 Å². The smallest absolute Gasteiger partial charge is 0.159 e. The van der Waals surface area contributed by atoms with Crippen LogP contribution in [0.15, 0.2) is 209 Å². The fraction of sp³-hybridized carbons (Fsp3) is 0. The predicted molar refractivity (Wildman–Crippen MR) is 248 cm³/mol. The Hall–Kier alpha value is -8.15. The van der Waals surface area contributed by atoms with Gasteiger partial charge < -0.3 is 18.3 Å². The molecule has 13 rings (SSSR count). The number of fused-ring (bicyclic) bond motifs is 13. The summed E-state index contributed by atoms with van der Waals surface area (Å²) in [4.78, 5) is 7.66. The molecule has 280 valence electrons. The van der Waals surface area contributed by atoms with Gasteiger partial charge in [-0.3, -0.25) is 0 Å². The molecule has 0 amide bonds. The van der Waals surface area contributed by atoms with E-state index in [0.717, 1.165) is 94.2 Å². The van der Waals surface area contributed by atoms with Gasteiger partial charge in [0.05, 0.1) is 33.6 Å². The first-order valence-corrected chi connectivity index (χ1v) is 20.3. The molecule has 0 N–H and O–H groups in total. The molecule has 5 nitrogen and oxygen atoms in total. The first kappa shape index (κ1) is 32.9. The summed E-state index contributed by atoms with van der Waals surface area (Å²) in [6.45, 7) is 0. The minimum atomic E-state index is 0.827. The van der Waals surface area contributed by atoms with Crippen LogP contribution in [0.5, 0.6) is 0 Å². The molecule has 4 heterocycles. The average molecular weight is 768 g/mol. The van der Waals surface area contributed by atoms with Gasteiger partial charge in [-0.25, -0.2) is 4.98 Å². The molecule has 0 saturated carbocycles. The monoisotopic (exact) mass is 767 g/mol. The molecule has 0 radical (unpaired) electrons. The Morgan fingerprint density at radius 3 is 1.87 bits per heavy atom. The molecule has 13 aromatic rings. The number of anilines is 3. The molecule has 0 saturated heterocycles. The molecular weight excluding hydrogens is 735 g/mol. The Morgan fingerprint density at radius 1 is 0.400 bits per heavy atom. The Morgan fingerprint density at radius 2 is 1.03 bits per heavy atom. The van der Waals surface area contributed by atoms with Crippen molar-refractivity contribution >= 4 is 104 Å². The summed E-state index contributed by atoms with van der Waals surface area (Å²) in [6.07, 6.45) is 0. The summed E-state index contributed by atoms with van der Waals surface area (Å²) in [5, 5.41) is 10.3. The summed E-state index contributed by atoms with van der Waals surface area (Å²) < 4.78 is 15.5. The van der Waals surface area contributed by atoms with E-state index in [1.165, 1.54) is 27.2 Å². The third kappa shape index (κ3) is 4.77. The summed E-state index contributed by atoms with van der Waals surface area (Å²) in [6, 6.07) is 70.6. The molecule has 0 aliphatic rings. The largest absolute Gasteiger partial charge is 0.456 e. The molecule has 0 aliphatic heterocycles. The van der Waals surface area contributed by atoms with Gasteiger partial charge in [-0.15, -0.1) is 0 Å². The van der Waals surface area contributed by atoms with Gasteiger partial charge in [-0.2, -0.15) is 0 Å². The molecule has 0 fully saturated rings. The van der Waals surface area contributed by atoms with Crippen molar-refractivity contribution in [3.8, 4) is 16.9 Å². The molecule has 0 unspecified atom stereocenters. The lowest BCUT2D eigenvalue weighted by Gasteiger charge is -2.25. The Kier molecular flexibility index (Phi) is 6.95. The van der Waals surface area contributed by atoms with Gasteiger partial charge in [0, 0.05) is 71.5 Å². The van der Waals surface area contributed by atoms with E-state index in [1.54, 1.807) is 0 Å². The van der Waals surface area contributed by atoms with Crippen molar-refractivity contribution in [2.75, 3.05) is 4.90 Å². The van der Waals surface area contributed by atoms with E-state index < -0.39 is 0 Å². The Bertz CT molecular complexity index is 3840. The van der Waals surface area contributed by atoms with Crippen LogP contribution in [-0.4, -0.2) is 9.55 Å². The second-order valence-electron chi connectivity index (χ2n) is 15.5. The highest BCUT2D eigenvalue weighted by atomic mass is 16.3. The fourth-order valence-electron chi connectivity index (χ4n) is 9.53. The minimum absolute atomic E-state index is 0.827. The summed E-state index contributed by atoms with van der Waals surface area (Å²) >= 11 is 0. The lowest BCUT2D eigenvalue weighted by molar-refractivity contribution is 0.667. The first-order chi connectivity index (χ1) is 29.8. The van der Waals surface area contributed by atoms with Gasteiger partial charge in [-0.1, -0.05) is 121 Å². The van der Waals surface area contributed by atoms with Crippen molar-refractivity contribution in [1.29, 1.82) is 0 Å². The van der Waals surface area contributed by atoms with Crippen molar-refractivity contribution in [3.05, 3.63) is 200 Å². The van der Waals surface area contributed by atoms with E-state index in [0.29, 0.717) is 0 Å². The lowest BCUT2D eigenvalue weighted by Crippen LogP contribution is -2.10. The lowest BCUT2D eigenvalue weighted by atomic mass is 9.96. The van der Waals surface area contributed by atoms with Crippen LogP contribution in [0.1, 0.15) is 0 Å². The molecule has 9 aromatic carbocycles. The van der Waals surface area contributed by atoms with E-state index in [-0.39, 0.29) is 0 Å². The SMILES string of the molecule is c1ccc(-n2c3ccccc3c3c4c(ccc32)c(-c2ccc(N(c3ccc5c(c3)oc3ccccc35)c3cccc5c3oc3ccccc35)cc2)nc2ccccc24)cc1. The zero-order valence-corrected chi connectivity index (χ0v) is 32.2. The van der Waals surface area contributed by atoms with Crippen molar-refractivity contribution < 1.29 is 8.83 Å². The number of pyridine rings is 1. The molecule has 0 aliphatic carbocycles. The van der Waals surface area contributed by atoms with E-state index >= 15 is 0 Å². The Balaban J connectivity index is 1.03. The fourth-order valence-corrected chi connectivity index (χ4v) is 9.53. The maximum Gasteiger partial charge on any atom is 0.159 e. The van der Waals surface area contributed by atoms with Crippen molar-refractivity contribution in [2.45, 2.75) is 0 Å². The highest BCUT2D eigenvalue weighted by Gasteiger charge is 2.23. The maximum absolute atomic E-state index is 6.64. The number of nitrogens with zero attached hydrogens (tertiary/aromatic N) is 3. The number of hydrogen-bond acceptors (Lipinski definition) is 4. The number of para-hydroxylation sites is 6. The molecule has 60 heavy (non-hydrogen) atoms. The molecule has 5 heteroatoms. The van der Waals surface area contributed by atoms with Crippen molar-refractivity contribution in [1.82, 2.24) is 9.55 Å². The third-order valence-corrected chi connectivity index (χ3v) is 12.2. The zero-order valence-electron chi connectivity index (χ0n) is 32.2. The summed E-state index contributed by atoms with van der Waals surface area (Å²) in [5.41, 5.74) is 12.7. The summed E-state index contributed by atoms with van der Waals surface area (Å²) in [7, 11) is 0. The quantitative estimate of drug-likeness (QED) is 0.164. The average Bonchev–Trinajstić information content (AvgIpc) is 3.99. The molecule has 0 atom stereocenters. The number of hydrogen-bond donors (Lipinski definition) is 0. The van der Waals surface area contributed by atoms with Gasteiger partial charge in [-0.05, 0) is 72.8 Å². The van der Waals surface area contributed by atoms with Crippen LogP contribution in [0, 0.1) is 0 Å². The number of aromatic nitrogens is 2. The van der Waals surface area contributed by atoms with Gasteiger partial charge >= 0.3 is 0 Å². The van der Waals surface area contributed by atoms with Crippen molar-refractivity contribution in [2.24, 2.45) is 0 Å². The van der Waals surface area contributed by atoms with Crippen LogP contribution in [0.4, 0.5) is 17.1 Å². The van der Waals surface area contributed by atoms with Crippen LogP contribution in [0.2, 0.25) is 0 Å². The zero-order chi connectivity index (χ0) is 39.3. The van der Waals surface area contributed by atoms with Crippen LogP contribution in [0.3, 0.4) is 0 Å². The first-order valence-electron chi connectivity index (χ1n) is 20.3. The van der Waals surface area contributed by atoms with Gasteiger partial charge in [0.15, 0.2) is 5.58 Å². The van der Waals surface area contributed by atoms with Crippen LogP contribution >= 0.6 is 0 Å². The minimum Gasteiger partial charge on any atom is -0.456 e.